The lowest BCUT2D eigenvalue weighted by Gasteiger charge is -2.15. The van der Waals surface area contributed by atoms with Gasteiger partial charge in [-0.25, -0.2) is 13.5 Å². The summed E-state index contributed by atoms with van der Waals surface area (Å²) in [7, 11) is -0.925. The van der Waals surface area contributed by atoms with Crippen LogP contribution in [0.5, 0.6) is 0 Å². The number of anilines is 1. The first-order valence-electron chi connectivity index (χ1n) is 6.90. The van der Waals surface area contributed by atoms with Gasteiger partial charge in [-0.3, -0.25) is 14.4 Å². The van der Waals surface area contributed by atoms with E-state index in [4.69, 9.17) is 16.4 Å². The number of hydroxylamine groups is 2. The summed E-state index contributed by atoms with van der Waals surface area (Å²) in [5.74, 6) is -0.282. The Hall–Kier alpha value is -1.61. The molecule has 2 aromatic rings. The molecule has 0 aliphatic rings. The minimum absolute atomic E-state index is 0.0280. The Balaban J connectivity index is 2.27. The Morgan fingerprint density at radius 1 is 1.38 bits per heavy atom. The molecule has 0 aliphatic heterocycles. The summed E-state index contributed by atoms with van der Waals surface area (Å²) in [5, 5.41) is 4.84. The van der Waals surface area contributed by atoms with Crippen molar-refractivity contribution < 1.29 is 18.0 Å². The number of halogens is 1. The van der Waals surface area contributed by atoms with Gasteiger partial charge in [-0.2, -0.15) is 0 Å². The van der Waals surface area contributed by atoms with Gasteiger partial charge in [0, 0.05) is 17.5 Å². The molecule has 130 valence electrons. The Kier molecular flexibility index (Phi) is 5.87. The van der Waals surface area contributed by atoms with Crippen LogP contribution in [0.15, 0.2) is 33.9 Å². The number of nitrogens with zero attached hydrogens (tertiary/aromatic N) is 1. The van der Waals surface area contributed by atoms with E-state index in [1.807, 2.05) is 0 Å². The van der Waals surface area contributed by atoms with E-state index < -0.39 is 10.0 Å². The number of rotatable bonds is 6. The Bertz CT molecular complexity index is 849. The van der Waals surface area contributed by atoms with Crippen LogP contribution in [-0.2, 0) is 26.1 Å². The standard InChI is InChI=1S/C15H17ClN2O4S2/c1-10-12(16)5-4-6-14(10)24(20,21)17-13-9-23-8-11(13)7-15(19)18(2)22-3/h4-6,8-9,17H,7H2,1-3H3. The highest BCUT2D eigenvalue weighted by Gasteiger charge is 2.21. The fraction of sp³-hybridized carbons (Fsp3) is 0.267. The zero-order chi connectivity index (χ0) is 17.9. The molecule has 0 spiro atoms. The summed E-state index contributed by atoms with van der Waals surface area (Å²) in [6, 6.07) is 4.69. The van der Waals surface area contributed by atoms with Crippen molar-refractivity contribution in [1.29, 1.82) is 0 Å². The third-order valence-corrected chi connectivity index (χ3v) is 6.17. The lowest BCUT2D eigenvalue weighted by Crippen LogP contribution is -2.27. The van der Waals surface area contributed by atoms with Crippen LogP contribution in [0.2, 0.25) is 5.02 Å². The average molecular weight is 389 g/mol. The Morgan fingerprint density at radius 3 is 2.75 bits per heavy atom. The van der Waals surface area contributed by atoms with Crippen LogP contribution in [0, 0.1) is 6.92 Å². The van der Waals surface area contributed by atoms with Gasteiger partial charge in [-0.1, -0.05) is 17.7 Å². The normalized spacial score (nSPS) is 11.3. The van der Waals surface area contributed by atoms with E-state index >= 15 is 0 Å². The van der Waals surface area contributed by atoms with Crippen molar-refractivity contribution >= 4 is 44.6 Å². The molecule has 1 N–H and O–H groups in total. The number of thiophene rings is 1. The Morgan fingerprint density at radius 2 is 2.08 bits per heavy atom. The van der Waals surface area contributed by atoms with Crippen LogP contribution >= 0.6 is 22.9 Å². The number of benzene rings is 1. The quantitative estimate of drug-likeness (QED) is 0.771. The van der Waals surface area contributed by atoms with Crippen LogP contribution in [0.3, 0.4) is 0 Å². The highest BCUT2D eigenvalue weighted by atomic mass is 35.5. The van der Waals surface area contributed by atoms with Gasteiger partial charge in [-0.05, 0) is 35.6 Å². The SMILES string of the molecule is CON(C)C(=O)Cc1cscc1NS(=O)(=O)c1cccc(Cl)c1C. The third kappa shape index (κ3) is 4.07. The molecule has 0 bridgehead atoms. The van der Waals surface area contributed by atoms with Gasteiger partial charge in [0.25, 0.3) is 10.0 Å². The summed E-state index contributed by atoms with van der Waals surface area (Å²) >= 11 is 7.30. The molecular formula is C15H17ClN2O4S2. The average Bonchev–Trinajstić information content (AvgIpc) is 2.95. The highest BCUT2D eigenvalue weighted by molar-refractivity contribution is 7.92. The van der Waals surface area contributed by atoms with E-state index in [0.29, 0.717) is 21.8 Å². The second-order valence-corrected chi connectivity index (χ2v) is 7.83. The first kappa shape index (κ1) is 18.7. The van der Waals surface area contributed by atoms with E-state index in [2.05, 4.69) is 4.72 Å². The molecule has 1 heterocycles. The molecule has 0 atom stereocenters. The van der Waals surface area contributed by atoms with Crippen molar-refractivity contribution in [2.45, 2.75) is 18.2 Å². The number of carbonyl (C=O) groups excluding carboxylic acids is 1. The maximum atomic E-state index is 12.6. The predicted molar refractivity (Wildman–Crippen MR) is 94.8 cm³/mol. The molecule has 0 radical (unpaired) electrons. The molecule has 0 fully saturated rings. The number of likely N-dealkylation sites (N-methyl/N-ethyl adjacent to an activating group) is 1. The molecule has 0 aliphatic carbocycles. The number of sulfonamides is 1. The van der Waals surface area contributed by atoms with Crippen molar-refractivity contribution in [1.82, 2.24) is 5.06 Å². The summed E-state index contributed by atoms with van der Waals surface area (Å²) in [4.78, 5) is 16.9. The minimum Gasteiger partial charge on any atom is -0.278 e. The second-order valence-electron chi connectivity index (χ2n) is 5.03. The van der Waals surface area contributed by atoms with Gasteiger partial charge in [0.1, 0.15) is 0 Å². The lowest BCUT2D eigenvalue weighted by atomic mass is 10.2. The van der Waals surface area contributed by atoms with Gasteiger partial charge in [-0.15, -0.1) is 11.3 Å². The zero-order valence-corrected chi connectivity index (χ0v) is 15.8. The molecule has 0 unspecified atom stereocenters. The smallest absolute Gasteiger partial charge is 0.262 e. The molecule has 0 saturated heterocycles. The van der Waals surface area contributed by atoms with E-state index in [0.717, 1.165) is 5.06 Å². The molecule has 6 nitrogen and oxygen atoms in total. The van der Waals surface area contributed by atoms with Crippen LogP contribution in [0.25, 0.3) is 0 Å². The molecule has 2 rings (SSSR count). The van der Waals surface area contributed by atoms with Crippen LogP contribution in [-0.4, -0.2) is 33.5 Å². The van der Waals surface area contributed by atoms with Crippen molar-refractivity contribution in [3.8, 4) is 0 Å². The van der Waals surface area contributed by atoms with Crippen molar-refractivity contribution in [3.63, 3.8) is 0 Å². The largest absolute Gasteiger partial charge is 0.278 e. The molecule has 9 heteroatoms. The fourth-order valence-electron chi connectivity index (χ4n) is 2.00. The number of carbonyl (C=O) groups is 1. The Labute approximate surface area is 150 Å². The van der Waals surface area contributed by atoms with Gasteiger partial charge in [0.15, 0.2) is 0 Å². The number of amides is 1. The van der Waals surface area contributed by atoms with Crippen molar-refractivity contribution in [2.75, 3.05) is 18.9 Å². The second kappa shape index (κ2) is 7.52. The van der Waals surface area contributed by atoms with Gasteiger partial charge in [0.2, 0.25) is 5.91 Å². The van der Waals surface area contributed by atoms with E-state index in [-0.39, 0.29) is 17.2 Å². The molecular weight excluding hydrogens is 372 g/mol. The van der Waals surface area contributed by atoms with Gasteiger partial charge in [0.05, 0.1) is 24.1 Å². The number of hydrogen-bond donors (Lipinski definition) is 1. The summed E-state index contributed by atoms with van der Waals surface area (Å²) < 4.78 is 27.8. The molecule has 0 saturated carbocycles. The molecule has 1 aromatic heterocycles. The van der Waals surface area contributed by atoms with Crippen LogP contribution < -0.4 is 4.72 Å². The number of hydrogen-bond acceptors (Lipinski definition) is 5. The first-order valence-corrected chi connectivity index (χ1v) is 9.70. The van der Waals surface area contributed by atoms with E-state index in [1.54, 1.807) is 29.8 Å². The van der Waals surface area contributed by atoms with E-state index in [1.165, 1.54) is 31.6 Å². The van der Waals surface area contributed by atoms with Crippen molar-refractivity contribution in [3.05, 3.63) is 45.1 Å². The molecule has 24 heavy (non-hydrogen) atoms. The minimum atomic E-state index is -3.80. The summed E-state index contributed by atoms with van der Waals surface area (Å²) in [5.41, 5.74) is 1.42. The first-order chi connectivity index (χ1) is 11.3. The third-order valence-electron chi connectivity index (χ3n) is 3.46. The fourth-order valence-corrected chi connectivity index (χ4v) is 4.46. The van der Waals surface area contributed by atoms with Crippen molar-refractivity contribution in [2.24, 2.45) is 0 Å². The number of nitrogens with one attached hydrogen (secondary N) is 1. The maximum Gasteiger partial charge on any atom is 0.262 e. The molecule has 1 amide bonds. The summed E-state index contributed by atoms with van der Waals surface area (Å²) in [6.07, 6.45) is 0.0280. The van der Waals surface area contributed by atoms with Gasteiger partial charge >= 0.3 is 0 Å². The van der Waals surface area contributed by atoms with Gasteiger partial charge < -0.3 is 0 Å². The highest BCUT2D eigenvalue weighted by Crippen LogP contribution is 2.28. The van der Waals surface area contributed by atoms with E-state index in [9.17, 15) is 13.2 Å². The predicted octanol–water partition coefficient (Wildman–Crippen LogP) is 3.07. The summed E-state index contributed by atoms with van der Waals surface area (Å²) in [6.45, 7) is 1.64. The lowest BCUT2D eigenvalue weighted by molar-refractivity contribution is -0.167. The maximum absolute atomic E-state index is 12.6. The van der Waals surface area contributed by atoms with Crippen LogP contribution in [0.4, 0.5) is 5.69 Å². The zero-order valence-electron chi connectivity index (χ0n) is 13.4. The van der Waals surface area contributed by atoms with Crippen LogP contribution in [0.1, 0.15) is 11.1 Å². The molecule has 1 aromatic carbocycles. The topological polar surface area (TPSA) is 75.7 Å². The monoisotopic (exact) mass is 388 g/mol.